The molecule has 0 bridgehead atoms. The van der Waals surface area contributed by atoms with E-state index >= 15 is 0 Å². The number of unbranched alkanes of at least 4 members (excludes halogenated alkanes) is 1. The average Bonchev–Trinajstić information content (AvgIpc) is 2.64. The van der Waals surface area contributed by atoms with Crippen LogP contribution in [-0.2, 0) is 22.1 Å². The van der Waals surface area contributed by atoms with Crippen LogP contribution in [0.2, 0.25) is 0 Å². The summed E-state index contributed by atoms with van der Waals surface area (Å²) < 4.78 is 36.9. The summed E-state index contributed by atoms with van der Waals surface area (Å²) in [5, 5.41) is 6.44. The van der Waals surface area contributed by atoms with Crippen molar-refractivity contribution in [2.75, 3.05) is 39.5 Å². The lowest BCUT2D eigenvalue weighted by molar-refractivity contribution is 0.139. The minimum Gasteiger partial charge on any atom is -0.356 e. The van der Waals surface area contributed by atoms with E-state index in [4.69, 9.17) is 0 Å². The molecule has 1 aromatic carbocycles. The highest BCUT2D eigenvalue weighted by atomic mass is 32.2. The van der Waals surface area contributed by atoms with E-state index in [0.717, 1.165) is 37.8 Å². The number of hydrogen-bond donors (Lipinski definition) is 2. The van der Waals surface area contributed by atoms with Gasteiger partial charge in [0.1, 0.15) is 5.82 Å². The Bertz CT molecular complexity index is 803. The molecule has 8 heteroatoms. The summed E-state index contributed by atoms with van der Waals surface area (Å²) in [6.45, 7) is 9.30. The number of halogens is 1. The Labute approximate surface area is 181 Å². The molecule has 1 aliphatic heterocycles. The second-order valence-corrected chi connectivity index (χ2v) is 10.9. The van der Waals surface area contributed by atoms with E-state index in [0.29, 0.717) is 23.6 Å². The van der Waals surface area contributed by atoms with Crippen LogP contribution in [0.3, 0.4) is 0 Å². The molecule has 2 unspecified atom stereocenters. The molecule has 2 N–H and O–H groups in total. The molecule has 0 aromatic heterocycles. The van der Waals surface area contributed by atoms with Crippen molar-refractivity contribution in [3.05, 3.63) is 35.1 Å². The van der Waals surface area contributed by atoms with Crippen molar-refractivity contribution in [1.82, 2.24) is 15.5 Å². The second-order valence-electron chi connectivity index (χ2n) is 8.75. The molecule has 6 nitrogen and oxygen atoms in total. The van der Waals surface area contributed by atoms with Gasteiger partial charge in [-0.25, -0.2) is 12.8 Å². The lowest BCUT2D eigenvalue weighted by Gasteiger charge is -2.34. The van der Waals surface area contributed by atoms with Gasteiger partial charge in [-0.05, 0) is 60.9 Å². The van der Waals surface area contributed by atoms with Gasteiger partial charge in [0.05, 0.1) is 5.75 Å². The molecule has 30 heavy (non-hydrogen) atoms. The molecule has 0 radical (unpaired) electrons. The standard InChI is InChI=1S/C22H37FN4O2S/c1-17-11-18(2)15-27(14-17)10-6-5-9-25-22(24-3)26-13-20-12-21(23)8-7-19(20)16-30(4,28)29/h7-8,12,17-18H,5-6,9-11,13-16H2,1-4H3,(H2,24,25,26). The number of nitrogens with one attached hydrogen (secondary N) is 2. The Morgan fingerprint density at radius 3 is 2.50 bits per heavy atom. The lowest BCUT2D eigenvalue weighted by Crippen LogP contribution is -2.40. The number of sulfone groups is 1. The van der Waals surface area contributed by atoms with Gasteiger partial charge in [-0.1, -0.05) is 19.9 Å². The Hall–Kier alpha value is -1.67. The largest absolute Gasteiger partial charge is 0.356 e. The van der Waals surface area contributed by atoms with Crippen molar-refractivity contribution in [1.29, 1.82) is 0 Å². The quantitative estimate of drug-likeness (QED) is 0.351. The summed E-state index contributed by atoms with van der Waals surface area (Å²) in [7, 11) is -1.50. The maximum absolute atomic E-state index is 13.6. The van der Waals surface area contributed by atoms with E-state index in [1.54, 1.807) is 7.05 Å². The zero-order chi connectivity index (χ0) is 22.1. The summed E-state index contributed by atoms with van der Waals surface area (Å²) in [6.07, 6.45) is 4.68. The number of likely N-dealkylation sites (tertiary alicyclic amines) is 1. The van der Waals surface area contributed by atoms with Crippen molar-refractivity contribution in [3.8, 4) is 0 Å². The smallest absolute Gasteiger partial charge is 0.191 e. The number of piperidine rings is 1. The Morgan fingerprint density at radius 2 is 1.87 bits per heavy atom. The molecule has 2 rings (SSSR count). The van der Waals surface area contributed by atoms with E-state index in [9.17, 15) is 12.8 Å². The van der Waals surface area contributed by atoms with Gasteiger partial charge in [0.2, 0.25) is 0 Å². The fourth-order valence-corrected chi connectivity index (χ4v) is 5.07. The van der Waals surface area contributed by atoms with Crippen LogP contribution in [0, 0.1) is 17.7 Å². The van der Waals surface area contributed by atoms with Crippen LogP contribution in [0.4, 0.5) is 4.39 Å². The van der Waals surface area contributed by atoms with Crippen LogP contribution in [0.15, 0.2) is 23.2 Å². The van der Waals surface area contributed by atoms with Gasteiger partial charge in [0.25, 0.3) is 0 Å². The molecule has 0 saturated carbocycles. The Kier molecular flexibility index (Phi) is 9.55. The summed E-state index contributed by atoms with van der Waals surface area (Å²) >= 11 is 0. The predicted octanol–water partition coefficient (Wildman–Crippen LogP) is 2.79. The average molecular weight is 441 g/mol. The van der Waals surface area contributed by atoms with Gasteiger partial charge in [0.15, 0.2) is 15.8 Å². The number of rotatable bonds is 9. The first-order chi connectivity index (χ1) is 14.2. The number of guanidine groups is 1. The van der Waals surface area contributed by atoms with E-state index in [1.807, 2.05) is 0 Å². The Balaban J connectivity index is 1.75. The van der Waals surface area contributed by atoms with Crippen molar-refractivity contribution < 1.29 is 12.8 Å². The molecule has 1 aromatic rings. The first-order valence-corrected chi connectivity index (χ1v) is 12.8. The van der Waals surface area contributed by atoms with Gasteiger partial charge >= 0.3 is 0 Å². The molecule has 1 aliphatic rings. The number of aliphatic imine (C=N–C) groups is 1. The maximum Gasteiger partial charge on any atom is 0.191 e. The minimum absolute atomic E-state index is 0.107. The summed E-state index contributed by atoms with van der Waals surface area (Å²) in [4.78, 5) is 6.78. The first-order valence-electron chi connectivity index (χ1n) is 10.8. The molecule has 0 aliphatic carbocycles. The van der Waals surface area contributed by atoms with Gasteiger partial charge in [0, 0.05) is 39.5 Å². The topological polar surface area (TPSA) is 73.8 Å². The van der Waals surface area contributed by atoms with Crippen molar-refractivity contribution in [2.45, 2.75) is 45.4 Å². The third-order valence-electron chi connectivity index (χ3n) is 5.39. The fourth-order valence-electron chi connectivity index (χ4n) is 4.22. The Morgan fingerprint density at radius 1 is 1.17 bits per heavy atom. The van der Waals surface area contributed by atoms with E-state index < -0.39 is 9.84 Å². The van der Waals surface area contributed by atoms with Crippen LogP contribution in [0.1, 0.15) is 44.2 Å². The molecule has 0 amide bonds. The van der Waals surface area contributed by atoms with Gasteiger partial charge in [-0.2, -0.15) is 0 Å². The molecular weight excluding hydrogens is 403 g/mol. The molecular formula is C22H37FN4O2S. The number of hydrogen-bond acceptors (Lipinski definition) is 4. The van der Waals surface area contributed by atoms with Crippen molar-refractivity contribution >= 4 is 15.8 Å². The minimum atomic E-state index is -3.19. The molecule has 2 atom stereocenters. The van der Waals surface area contributed by atoms with Crippen LogP contribution in [0.25, 0.3) is 0 Å². The SMILES string of the molecule is CN=C(NCCCCN1CC(C)CC(C)C1)NCc1cc(F)ccc1CS(C)(=O)=O. The van der Waals surface area contributed by atoms with E-state index in [1.165, 1.54) is 44.0 Å². The summed E-state index contributed by atoms with van der Waals surface area (Å²) in [5.74, 6) is 1.71. The third kappa shape index (κ3) is 9.00. The zero-order valence-corrected chi connectivity index (χ0v) is 19.6. The summed E-state index contributed by atoms with van der Waals surface area (Å²) in [6, 6.07) is 4.20. The molecule has 0 spiro atoms. The summed E-state index contributed by atoms with van der Waals surface area (Å²) in [5.41, 5.74) is 1.23. The highest BCUT2D eigenvalue weighted by molar-refractivity contribution is 7.89. The van der Waals surface area contributed by atoms with Crippen LogP contribution in [-0.4, -0.2) is 58.8 Å². The van der Waals surface area contributed by atoms with Gasteiger partial charge < -0.3 is 15.5 Å². The monoisotopic (exact) mass is 440 g/mol. The zero-order valence-electron chi connectivity index (χ0n) is 18.7. The molecule has 1 saturated heterocycles. The molecule has 1 heterocycles. The highest BCUT2D eigenvalue weighted by Crippen LogP contribution is 2.21. The van der Waals surface area contributed by atoms with Gasteiger partial charge in [-0.15, -0.1) is 0 Å². The lowest BCUT2D eigenvalue weighted by atomic mass is 9.92. The van der Waals surface area contributed by atoms with Crippen molar-refractivity contribution in [3.63, 3.8) is 0 Å². The van der Waals surface area contributed by atoms with Crippen LogP contribution in [0.5, 0.6) is 0 Å². The molecule has 1 fully saturated rings. The number of nitrogens with zero attached hydrogens (tertiary/aromatic N) is 2. The highest BCUT2D eigenvalue weighted by Gasteiger charge is 2.20. The maximum atomic E-state index is 13.6. The second kappa shape index (κ2) is 11.6. The first kappa shape index (κ1) is 24.6. The number of benzene rings is 1. The van der Waals surface area contributed by atoms with E-state index in [2.05, 4.69) is 34.4 Å². The normalized spacial score (nSPS) is 20.9. The van der Waals surface area contributed by atoms with Gasteiger partial charge in [-0.3, -0.25) is 4.99 Å². The fraction of sp³-hybridized carbons (Fsp3) is 0.682. The van der Waals surface area contributed by atoms with Crippen LogP contribution < -0.4 is 10.6 Å². The van der Waals surface area contributed by atoms with E-state index in [-0.39, 0.29) is 11.6 Å². The van der Waals surface area contributed by atoms with Crippen molar-refractivity contribution in [2.24, 2.45) is 16.8 Å². The third-order valence-corrected chi connectivity index (χ3v) is 6.23. The predicted molar refractivity (Wildman–Crippen MR) is 122 cm³/mol. The van der Waals surface area contributed by atoms with Crippen LogP contribution >= 0.6 is 0 Å². The molecule has 170 valence electrons.